The van der Waals surface area contributed by atoms with Gasteiger partial charge in [0, 0.05) is 5.54 Å². The molecule has 15 heavy (non-hydrogen) atoms. The monoisotopic (exact) mass is 211 g/mol. The molecule has 1 atom stereocenters. The number of ether oxygens (including phenoxy) is 1. The third-order valence-corrected chi connectivity index (χ3v) is 2.63. The van der Waals surface area contributed by atoms with Gasteiger partial charge in [-0.2, -0.15) is 0 Å². The average molecular weight is 211 g/mol. The van der Waals surface area contributed by atoms with Gasteiger partial charge >= 0.3 is 0 Å². The second-order valence-corrected chi connectivity index (χ2v) is 3.85. The molecular weight excluding hydrogens is 193 g/mol. The van der Waals surface area contributed by atoms with E-state index in [1.54, 1.807) is 6.07 Å². The first-order valence-corrected chi connectivity index (χ1v) is 5.23. The fourth-order valence-corrected chi connectivity index (χ4v) is 1.33. The molecule has 0 amide bonds. The summed E-state index contributed by atoms with van der Waals surface area (Å²) in [5.74, 6) is -0.0624. The summed E-state index contributed by atoms with van der Waals surface area (Å²) in [5.41, 5.74) is 6.34. The highest BCUT2D eigenvalue weighted by Gasteiger charge is 2.20. The number of hydrogen-bond donors (Lipinski definition) is 1. The topological polar surface area (TPSA) is 35.2 Å². The summed E-state index contributed by atoms with van der Waals surface area (Å²) >= 11 is 0. The van der Waals surface area contributed by atoms with E-state index in [4.69, 9.17) is 10.5 Å². The highest BCUT2D eigenvalue weighted by Crippen LogP contribution is 2.26. The van der Waals surface area contributed by atoms with Crippen LogP contribution >= 0.6 is 0 Å². The molecule has 0 radical (unpaired) electrons. The lowest BCUT2D eigenvalue weighted by atomic mass is 9.90. The number of halogens is 1. The van der Waals surface area contributed by atoms with Crippen molar-refractivity contribution in [2.24, 2.45) is 5.73 Å². The van der Waals surface area contributed by atoms with Crippen LogP contribution in [0.25, 0.3) is 0 Å². The summed E-state index contributed by atoms with van der Waals surface area (Å²) in [7, 11) is 0. The summed E-state index contributed by atoms with van der Waals surface area (Å²) in [6.45, 7) is 6.16. The van der Waals surface area contributed by atoms with Gasteiger partial charge in [0.05, 0.1) is 6.61 Å². The van der Waals surface area contributed by atoms with Gasteiger partial charge in [-0.1, -0.05) is 13.0 Å². The average Bonchev–Trinajstić information content (AvgIpc) is 2.21. The maximum atomic E-state index is 13.5. The smallest absolute Gasteiger partial charge is 0.165 e. The third kappa shape index (κ3) is 2.69. The second kappa shape index (κ2) is 4.62. The van der Waals surface area contributed by atoms with Gasteiger partial charge in [-0.25, -0.2) is 4.39 Å². The van der Waals surface area contributed by atoms with Crippen LogP contribution in [0, 0.1) is 5.82 Å². The van der Waals surface area contributed by atoms with Crippen LogP contribution in [-0.2, 0) is 5.54 Å². The maximum Gasteiger partial charge on any atom is 0.165 e. The Balaban J connectivity index is 3.01. The lowest BCUT2D eigenvalue weighted by Gasteiger charge is -2.23. The molecule has 84 valence electrons. The van der Waals surface area contributed by atoms with Gasteiger partial charge in [-0.3, -0.25) is 0 Å². The number of hydrogen-bond acceptors (Lipinski definition) is 2. The molecule has 0 heterocycles. The van der Waals surface area contributed by atoms with Gasteiger partial charge in [0.15, 0.2) is 11.6 Å². The van der Waals surface area contributed by atoms with Crippen LogP contribution in [-0.4, -0.2) is 6.61 Å². The molecule has 0 bridgehead atoms. The standard InChI is InChI=1S/C12H18FNO/c1-4-12(3,14)9-6-7-11(15-5-2)10(13)8-9/h6-8H,4-5,14H2,1-3H3. The van der Waals surface area contributed by atoms with E-state index in [0.29, 0.717) is 6.61 Å². The van der Waals surface area contributed by atoms with E-state index in [1.807, 2.05) is 26.8 Å². The van der Waals surface area contributed by atoms with Crippen LogP contribution in [0.1, 0.15) is 32.8 Å². The van der Waals surface area contributed by atoms with E-state index in [1.165, 1.54) is 6.07 Å². The lowest BCUT2D eigenvalue weighted by Crippen LogP contribution is -2.32. The van der Waals surface area contributed by atoms with Gasteiger partial charge in [-0.05, 0) is 38.0 Å². The predicted octanol–water partition coefficient (Wildman–Crippen LogP) is 2.81. The van der Waals surface area contributed by atoms with Crippen molar-refractivity contribution >= 4 is 0 Å². The molecule has 0 spiro atoms. The maximum absolute atomic E-state index is 13.5. The zero-order chi connectivity index (χ0) is 11.5. The van der Waals surface area contributed by atoms with Crippen LogP contribution in [0.4, 0.5) is 4.39 Å². The van der Waals surface area contributed by atoms with Gasteiger partial charge in [0.25, 0.3) is 0 Å². The van der Waals surface area contributed by atoms with E-state index < -0.39 is 5.54 Å². The van der Waals surface area contributed by atoms with Crippen molar-refractivity contribution in [2.45, 2.75) is 32.7 Å². The minimum absolute atomic E-state index is 0.285. The molecule has 0 saturated carbocycles. The van der Waals surface area contributed by atoms with Crippen molar-refractivity contribution in [3.05, 3.63) is 29.6 Å². The van der Waals surface area contributed by atoms with Gasteiger partial charge in [0.1, 0.15) is 0 Å². The Hall–Kier alpha value is -1.09. The minimum atomic E-state index is -0.481. The van der Waals surface area contributed by atoms with Gasteiger partial charge < -0.3 is 10.5 Å². The number of rotatable bonds is 4. The Morgan fingerprint density at radius 2 is 2.07 bits per heavy atom. The highest BCUT2D eigenvalue weighted by molar-refractivity contribution is 5.32. The number of nitrogens with two attached hydrogens (primary N) is 1. The fourth-order valence-electron chi connectivity index (χ4n) is 1.33. The van der Waals surface area contributed by atoms with Crippen LogP contribution in [0.15, 0.2) is 18.2 Å². The summed E-state index contributed by atoms with van der Waals surface area (Å²) in [4.78, 5) is 0. The van der Waals surface area contributed by atoms with Crippen LogP contribution in [0.2, 0.25) is 0 Å². The van der Waals surface area contributed by atoms with Gasteiger partial charge in [0.2, 0.25) is 0 Å². The fraction of sp³-hybridized carbons (Fsp3) is 0.500. The molecule has 0 aliphatic rings. The Morgan fingerprint density at radius 1 is 1.40 bits per heavy atom. The van der Waals surface area contributed by atoms with Gasteiger partial charge in [-0.15, -0.1) is 0 Å². The molecule has 0 aliphatic carbocycles. The normalized spacial score (nSPS) is 14.7. The molecule has 0 aromatic heterocycles. The highest BCUT2D eigenvalue weighted by atomic mass is 19.1. The van der Waals surface area contributed by atoms with Crippen molar-refractivity contribution in [1.29, 1.82) is 0 Å². The molecule has 0 fully saturated rings. The van der Waals surface area contributed by atoms with E-state index in [9.17, 15) is 4.39 Å². The second-order valence-electron chi connectivity index (χ2n) is 3.85. The van der Waals surface area contributed by atoms with Crippen LogP contribution in [0.3, 0.4) is 0 Å². The van der Waals surface area contributed by atoms with Crippen molar-refractivity contribution in [3.63, 3.8) is 0 Å². The molecule has 0 aliphatic heterocycles. The lowest BCUT2D eigenvalue weighted by molar-refractivity contribution is 0.320. The summed E-state index contributed by atoms with van der Waals surface area (Å²) in [6.07, 6.45) is 0.764. The minimum Gasteiger partial charge on any atom is -0.491 e. The van der Waals surface area contributed by atoms with Crippen molar-refractivity contribution in [2.75, 3.05) is 6.61 Å². The Labute approximate surface area is 90.2 Å². The third-order valence-electron chi connectivity index (χ3n) is 2.63. The zero-order valence-corrected chi connectivity index (χ0v) is 9.51. The summed E-state index contributed by atoms with van der Waals surface area (Å²) in [6, 6.07) is 4.90. The SMILES string of the molecule is CCOc1ccc(C(C)(N)CC)cc1F. The molecule has 1 aromatic rings. The quantitative estimate of drug-likeness (QED) is 0.831. The molecule has 1 rings (SSSR count). The Morgan fingerprint density at radius 3 is 2.53 bits per heavy atom. The Kier molecular flexibility index (Phi) is 3.69. The zero-order valence-electron chi connectivity index (χ0n) is 9.51. The Bertz CT molecular complexity index is 336. The van der Waals surface area contributed by atoms with E-state index in [2.05, 4.69) is 0 Å². The van der Waals surface area contributed by atoms with E-state index in [-0.39, 0.29) is 11.6 Å². The van der Waals surface area contributed by atoms with Crippen LogP contribution < -0.4 is 10.5 Å². The summed E-state index contributed by atoms with van der Waals surface area (Å²) in [5, 5.41) is 0. The first-order chi connectivity index (χ1) is 7.01. The van der Waals surface area contributed by atoms with Crippen molar-refractivity contribution < 1.29 is 9.13 Å². The largest absolute Gasteiger partial charge is 0.491 e. The molecule has 3 heteroatoms. The molecule has 0 saturated heterocycles. The van der Waals surface area contributed by atoms with Crippen molar-refractivity contribution in [3.8, 4) is 5.75 Å². The first kappa shape index (κ1) is 12.0. The van der Waals surface area contributed by atoms with Crippen LogP contribution in [0.5, 0.6) is 5.75 Å². The molecule has 1 aromatic carbocycles. The molecule has 2 nitrogen and oxygen atoms in total. The van der Waals surface area contributed by atoms with E-state index >= 15 is 0 Å². The summed E-state index contributed by atoms with van der Waals surface area (Å²) < 4.78 is 18.6. The first-order valence-electron chi connectivity index (χ1n) is 5.23. The number of benzene rings is 1. The molecule has 2 N–H and O–H groups in total. The molecule has 1 unspecified atom stereocenters. The van der Waals surface area contributed by atoms with E-state index in [0.717, 1.165) is 12.0 Å². The molecular formula is C12H18FNO. The van der Waals surface area contributed by atoms with Crippen molar-refractivity contribution in [1.82, 2.24) is 0 Å². The predicted molar refractivity (Wildman–Crippen MR) is 59.4 cm³/mol.